The van der Waals surface area contributed by atoms with Crippen LogP contribution in [0.2, 0.25) is 0 Å². The van der Waals surface area contributed by atoms with E-state index in [1.807, 2.05) is 6.92 Å². The van der Waals surface area contributed by atoms with Crippen molar-refractivity contribution in [2.24, 2.45) is 0 Å². The molecule has 0 atom stereocenters. The molecule has 0 radical (unpaired) electrons. The minimum atomic E-state index is -2.87. The summed E-state index contributed by atoms with van der Waals surface area (Å²) in [6, 6.07) is 5.47. The Bertz CT molecular complexity index is 446. The zero-order valence-corrected chi connectivity index (χ0v) is 11.2. The second-order valence-electron chi connectivity index (χ2n) is 4.17. The Kier molecular flexibility index (Phi) is 6.66. The maximum atomic E-state index is 12.0. The maximum Gasteiger partial charge on any atom is 0.387 e. The molecule has 0 fully saturated rings. The van der Waals surface area contributed by atoms with Crippen molar-refractivity contribution in [3.63, 3.8) is 0 Å². The minimum absolute atomic E-state index is 0.0151. The molecule has 1 N–H and O–H groups in total. The number of ether oxygens (including phenoxy) is 2. The van der Waals surface area contributed by atoms with Gasteiger partial charge in [0, 0.05) is 12.1 Å². The van der Waals surface area contributed by atoms with Crippen molar-refractivity contribution in [3.8, 4) is 5.75 Å². The molecule has 1 amide bonds. The molecule has 4 nitrogen and oxygen atoms in total. The van der Waals surface area contributed by atoms with E-state index in [0.29, 0.717) is 25.3 Å². The molecule has 1 aromatic rings. The highest BCUT2D eigenvalue weighted by molar-refractivity contribution is 5.94. The summed E-state index contributed by atoms with van der Waals surface area (Å²) in [6.45, 7) is 3.86. The second-order valence-corrected chi connectivity index (χ2v) is 4.17. The van der Waals surface area contributed by atoms with Gasteiger partial charge in [0.05, 0.1) is 13.2 Å². The molecule has 1 rings (SSSR count). The normalized spacial score (nSPS) is 10.4. The van der Waals surface area contributed by atoms with Crippen LogP contribution in [0.5, 0.6) is 5.75 Å². The Labute approximate surface area is 116 Å². The van der Waals surface area contributed by atoms with E-state index in [1.165, 1.54) is 24.3 Å². The fourth-order valence-electron chi connectivity index (χ4n) is 1.37. The molecule has 1 aromatic carbocycles. The molecule has 0 saturated carbocycles. The number of hydrogen-bond acceptors (Lipinski definition) is 3. The Morgan fingerprint density at radius 3 is 2.55 bits per heavy atom. The smallest absolute Gasteiger partial charge is 0.387 e. The van der Waals surface area contributed by atoms with Gasteiger partial charge in [0.25, 0.3) is 5.91 Å². The van der Waals surface area contributed by atoms with Gasteiger partial charge in [0.15, 0.2) is 0 Å². The topological polar surface area (TPSA) is 47.6 Å². The lowest BCUT2D eigenvalue weighted by Crippen LogP contribution is -2.27. The Hall–Kier alpha value is -1.95. The van der Waals surface area contributed by atoms with Crippen LogP contribution in [0.25, 0.3) is 0 Å². The largest absolute Gasteiger partial charge is 0.435 e. The van der Waals surface area contributed by atoms with Crippen molar-refractivity contribution in [3.05, 3.63) is 42.0 Å². The van der Waals surface area contributed by atoms with Crippen LogP contribution in [0.4, 0.5) is 8.78 Å². The lowest BCUT2D eigenvalue weighted by molar-refractivity contribution is -0.0498. The van der Waals surface area contributed by atoms with Crippen LogP contribution < -0.4 is 10.1 Å². The Balaban J connectivity index is 2.34. The zero-order chi connectivity index (χ0) is 15.0. The van der Waals surface area contributed by atoms with Crippen molar-refractivity contribution in [2.45, 2.75) is 13.5 Å². The van der Waals surface area contributed by atoms with E-state index in [2.05, 4.69) is 16.6 Å². The molecular weight excluding hydrogens is 268 g/mol. The van der Waals surface area contributed by atoms with Gasteiger partial charge in [-0.3, -0.25) is 4.79 Å². The summed E-state index contributed by atoms with van der Waals surface area (Å²) in [6.07, 6.45) is 0. The molecule has 0 aliphatic carbocycles. The number of rotatable bonds is 8. The van der Waals surface area contributed by atoms with E-state index in [-0.39, 0.29) is 11.7 Å². The molecule has 0 heterocycles. The average Bonchev–Trinajstić information content (AvgIpc) is 2.38. The van der Waals surface area contributed by atoms with E-state index in [0.717, 1.165) is 5.57 Å². The van der Waals surface area contributed by atoms with E-state index >= 15 is 0 Å². The number of carbonyl (C=O) groups is 1. The first-order chi connectivity index (χ1) is 9.49. The fraction of sp³-hybridized carbons (Fsp3) is 0.357. The van der Waals surface area contributed by atoms with E-state index in [1.54, 1.807) is 0 Å². The molecule has 0 bridgehead atoms. The first-order valence-electron chi connectivity index (χ1n) is 6.04. The van der Waals surface area contributed by atoms with Gasteiger partial charge in [-0.1, -0.05) is 12.2 Å². The summed E-state index contributed by atoms with van der Waals surface area (Å²) in [5.41, 5.74) is 1.28. The molecule has 20 heavy (non-hydrogen) atoms. The van der Waals surface area contributed by atoms with Gasteiger partial charge < -0.3 is 14.8 Å². The van der Waals surface area contributed by atoms with E-state index in [9.17, 15) is 13.6 Å². The monoisotopic (exact) mass is 285 g/mol. The molecule has 0 spiro atoms. The third kappa shape index (κ3) is 6.29. The van der Waals surface area contributed by atoms with Crippen LogP contribution >= 0.6 is 0 Å². The molecule has 0 aliphatic heterocycles. The number of hydrogen-bond donors (Lipinski definition) is 1. The first-order valence-corrected chi connectivity index (χ1v) is 6.04. The van der Waals surface area contributed by atoms with Gasteiger partial charge in [0.1, 0.15) is 5.75 Å². The van der Waals surface area contributed by atoms with Crippen molar-refractivity contribution < 1.29 is 23.0 Å². The van der Waals surface area contributed by atoms with Crippen LogP contribution in [0.15, 0.2) is 36.4 Å². The van der Waals surface area contributed by atoms with Crippen LogP contribution in [0.1, 0.15) is 17.3 Å². The van der Waals surface area contributed by atoms with Crippen molar-refractivity contribution in [1.29, 1.82) is 0 Å². The molecule has 0 aromatic heterocycles. The van der Waals surface area contributed by atoms with Crippen molar-refractivity contribution in [2.75, 3.05) is 19.8 Å². The summed E-state index contributed by atoms with van der Waals surface area (Å²) in [4.78, 5) is 11.7. The number of carbonyl (C=O) groups excluding carboxylic acids is 1. The van der Waals surface area contributed by atoms with E-state index in [4.69, 9.17) is 4.74 Å². The molecule has 6 heteroatoms. The van der Waals surface area contributed by atoms with Gasteiger partial charge in [-0.25, -0.2) is 0 Å². The predicted octanol–water partition coefficient (Wildman–Crippen LogP) is 2.61. The number of amides is 1. The number of benzene rings is 1. The first kappa shape index (κ1) is 16.1. The highest BCUT2D eigenvalue weighted by Crippen LogP contribution is 2.14. The van der Waals surface area contributed by atoms with Gasteiger partial charge in [-0.15, -0.1) is 0 Å². The highest BCUT2D eigenvalue weighted by Gasteiger charge is 2.07. The summed E-state index contributed by atoms with van der Waals surface area (Å²) < 4.78 is 33.3. The lowest BCUT2D eigenvalue weighted by Gasteiger charge is -2.07. The summed E-state index contributed by atoms with van der Waals surface area (Å²) in [7, 11) is 0. The fourth-order valence-corrected chi connectivity index (χ4v) is 1.37. The van der Waals surface area contributed by atoms with Gasteiger partial charge >= 0.3 is 6.61 Å². The standard InChI is InChI=1S/C14H17F2NO3/c1-10(2)9-19-8-7-17-13(18)11-3-5-12(6-4-11)20-14(15)16/h3-6,14H,1,7-9H2,2H3,(H,17,18). The van der Waals surface area contributed by atoms with Crippen molar-refractivity contribution in [1.82, 2.24) is 5.32 Å². The minimum Gasteiger partial charge on any atom is -0.435 e. The summed E-state index contributed by atoms with van der Waals surface area (Å²) >= 11 is 0. The Morgan fingerprint density at radius 2 is 2.00 bits per heavy atom. The van der Waals surface area contributed by atoms with Gasteiger partial charge in [-0.05, 0) is 31.2 Å². The van der Waals surface area contributed by atoms with Crippen molar-refractivity contribution >= 4 is 5.91 Å². The SMILES string of the molecule is C=C(C)COCCNC(=O)c1ccc(OC(F)F)cc1. The van der Waals surface area contributed by atoms with Crippen LogP contribution in [0.3, 0.4) is 0 Å². The molecule has 0 saturated heterocycles. The number of halogens is 2. The van der Waals surface area contributed by atoms with Gasteiger partial charge in [-0.2, -0.15) is 8.78 Å². The Morgan fingerprint density at radius 1 is 1.35 bits per heavy atom. The van der Waals surface area contributed by atoms with Gasteiger partial charge in [0.2, 0.25) is 0 Å². The molecule has 110 valence electrons. The van der Waals surface area contributed by atoms with Crippen LogP contribution in [0, 0.1) is 0 Å². The lowest BCUT2D eigenvalue weighted by atomic mass is 10.2. The molecule has 0 unspecified atom stereocenters. The molecule has 0 aliphatic rings. The second kappa shape index (κ2) is 8.27. The van der Waals surface area contributed by atoms with Crippen LogP contribution in [-0.4, -0.2) is 32.3 Å². The van der Waals surface area contributed by atoms with E-state index < -0.39 is 6.61 Å². The predicted molar refractivity (Wildman–Crippen MR) is 71.0 cm³/mol. The zero-order valence-electron chi connectivity index (χ0n) is 11.2. The third-order valence-electron chi connectivity index (χ3n) is 2.22. The highest BCUT2D eigenvalue weighted by atomic mass is 19.3. The number of nitrogens with one attached hydrogen (secondary N) is 1. The molecular formula is C14H17F2NO3. The quantitative estimate of drug-likeness (QED) is 0.590. The third-order valence-corrected chi connectivity index (χ3v) is 2.22. The average molecular weight is 285 g/mol. The number of alkyl halides is 2. The summed E-state index contributed by atoms with van der Waals surface area (Å²) in [5.74, 6) is -0.283. The summed E-state index contributed by atoms with van der Waals surface area (Å²) in [5, 5.41) is 2.65. The van der Waals surface area contributed by atoms with Crippen LogP contribution in [-0.2, 0) is 4.74 Å². The maximum absolute atomic E-state index is 12.0.